The van der Waals surface area contributed by atoms with Crippen LogP contribution in [0.3, 0.4) is 0 Å². The van der Waals surface area contributed by atoms with Gasteiger partial charge in [-0.1, -0.05) is 0 Å². The van der Waals surface area contributed by atoms with Gasteiger partial charge in [-0.05, 0) is 25.8 Å². The van der Waals surface area contributed by atoms with E-state index in [1.807, 2.05) is 6.92 Å². The van der Waals surface area contributed by atoms with Gasteiger partial charge >= 0.3 is 0 Å². The third-order valence-corrected chi connectivity index (χ3v) is 6.48. The van der Waals surface area contributed by atoms with Crippen LogP contribution in [0.25, 0.3) is 10.2 Å². The second kappa shape index (κ2) is 6.55. The largest absolute Gasteiger partial charge is 0.314 e. The van der Waals surface area contributed by atoms with Gasteiger partial charge in [0, 0.05) is 50.2 Å². The van der Waals surface area contributed by atoms with E-state index in [1.54, 1.807) is 11.3 Å². The minimum atomic E-state index is 0.00898. The summed E-state index contributed by atoms with van der Waals surface area (Å²) in [6.07, 6.45) is 1.21. The Morgan fingerprint density at radius 1 is 1.25 bits per heavy atom. The Morgan fingerprint density at radius 2 is 2.04 bits per heavy atom. The van der Waals surface area contributed by atoms with Crippen LogP contribution in [-0.4, -0.2) is 65.1 Å². The topological polar surface area (TPSA) is 64.3 Å². The van der Waals surface area contributed by atoms with Crippen molar-refractivity contribution in [2.45, 2.75) is 32.9 Å². The Bertz CT molecular complexity index is 792. The number of nitrogens with zero attached hydrogens (tertiary/aromatic N) is 3. The van der Waals surface area contributed by atoms with Crippen LogP contribution in [0.15, 0.2) is 4.79 Å². The lowest BCUT2D eigenvalue weighted by Crippen LogP contribution is -2.49. The number of likely N-dealkylation sites (tertiary alicyclic amines) is 1. The molecule has 0 radical (unpaired) electrons. The van der Waals surface area contributed by atoms with E-state index in [4.69, 9.17) is 4.98 Å². The van der Waals surface area contributed by atoms with Crippen molar-refractivity contribution in [3.63, 3.8) is 0 Å². The van der Waals surface area contributed by atoms with E-state index in [-0.39, 0.29) is 5.56 Å². The molecule has 1 atom stereocenters. The molecule has 1 unspecified atom stereocenters. The van der Waals surface area contributed by atoms with Crippen molar-refractivity contribution < 1.29 is 0 Å². The third-order valence-electron chi connectivity index (χ3n) is 5.38. The summed E-state index contributed by atoms with van der Waals surface area (Å²) in [4.78, 5) is 27.2. The van der Waals surface area contributed by atoms with Crippen molar-refractivity contribution in [2.75, 3.05) is 39.3 Å². The standard InChI is InChI=1S/C17H25N5OS/c1-11-12(2)24-17-15(11)16(23)19-14(20-17)10-21-6-3-13(9-21)22-7-4-18-5-8-22/h13,18H,3-10H2,1-2H3,(H,19,20,23). The summed E-state index contributed by atoms with van der Waals surface area (Å²) in [5.74, 6) is 0.801. The van der Waals surface area contributed by atoms with Gasteiger partial charge < -0.3 is 10.3 Å². The minimum Gasteiger partial charge on any atom is -0.314 e. The van der Waals surface area contributed by atoms with Gasteiger partial charge in [-0.2, -0.15) is 0 Å². The fourth-order valence-electron chi connectivity index (χ4n) is 3.89. The first-order chi connectivity index (χ1) is 11.6. The number of aromatic amines is 1. The van der Waals surface area contributed by atoms with Crippen LogP contribution >= 0.6 is 11.3 Å². The zero-order chi connectivity index (χ0) is 16.7. The van der Waals surface area contributed by atoms with Crippen LogP contribution in [0, 0.1) is 13.8 Å². The molecular weight excluding hydrogens is 322 g/mol. The maximum Gasteiger partial charge on any atom is 0.259 e. The predicted octanol–water partition coefficient (Wildman–Crippen LogP) is 1.08. The average Bonchev–Trinajstić information content (AvgIpc) is 3.14. The van der Waals surface area contributed by atoms with Gasteiger partial charge in [0.25, 0.3) is 5.56 Å². The smallest absolute Gasteiger partial charge is 0.259 e. The quantitative estimate of drug-likeness (QED) is 0.870. The van der Waals surface area contributed by atoms with Gasteiger partial charge in [-0.3, -0.25) is 14.6 Å². The first kappa shape index (κ1) is 16.2. The molecular formula is C17H25N5OS. The zero-order valence-corrected chi connectivity index (χ0v) is 15.2. The van der Waals surface area contributed by atoms with E-state index >= 15 is 0 Å². The molecule has 4 rings (SSSR count). The number of piperazine rings is 1. The van der Waals surface area contributed by atoms with Crippen molar-refractivity contribution in [3.05, 3.63) is 26.6 Å². The number of hydrogen-bond acceptors (Lipinski definition) is 6. The molecule has 2 fully saturated rings. The summed E-state index contributed by atoms with van der Waals surface area (Å²) in [5, 5.41) is 4.18. The van der Waals surface area contributed by atoms with Crippen LogP contribution in [-0.2, 0) is 6.54 Å². The summed E-state index contributed by atoms with van der Waals surface area (Å²) in [7, 11) is 0. The summed E-state index contributed by atoms with van der Waals surface area (Å²) >= 11 is 1.62. The fraction of sp³-hybridized carbons (Fsp3) is 0.647. The second-order valence-corrected chi connectivity index (χ2v) is 8.14. The monoisotopic (exact) mass is 347 g/mol. The number of aryl methyl sites for hydroxylation is 2. The molecule has 24 heavy (non-hydrogen) atoms. The Morgan fingerprint density at radius 3 is 2.83 bits per heavy atom. The molecule has 0 bridgehead atoms. The Hall–Kier alpha value is -1.28. The normalized spacial score (nSPS) is 23.3. The molecule has 0 saturated carbocycles. The highest BCUT2D eigenvalue weighted by molar-refractivity contribution is 7.18. The first-order valence-corrected chi connectivity index (χ1v) is 9.59. The van der Waals surface area contributed by atoms with E-state index in [1.165, 1.54) is 11.3 Å². The molecule has 0 aliphatic carbocycles. The summed E-state index contributed by atoms with van der Waals surface area (Å²) in [5.41, 5.74) is 1.07. The van der Waals surface area contributed by atoms with E-state index in [0.29, 0.717) is 6.04 Å². The Kier molecular flexibility index (Phi) is 4.42. The maximum absolute atomic E-state index is 12.4. The lowest BCUT2D eigenvalue weighted by atomic mass is 10.2. The molecule has 0 spiro atoms. The zero-order valence-electron chi connectivity index (χ0n) is 14.4. The Labute approximate surface area is 145 Å². The summed E-state index contributed by atoms with van der Waals surface area (Å²) in [6, 6.07) is 0.647. The molecule has 2 aliphatic rings. The number of fused-ring (bicyclic) bond motifs is 1. The molecule has 2 aromatic rings. The number of nitrogens with one attached hydrogen (secondary N) is 2. The highest BCUT2D eigenvalue weighted by Crippen LogP contribution is 2.26. The molecule has 130 valence electrons. The van der Waals surface area contributed by atoms with E-state index in [2.05, 4.69) is 27.0 Å². The van der Waals surface area contributed by atoms with Crippen LogP contribution in [0.1, 0.15) is 22.7 Å². The highest BCUT2D eigenvalue weighted by Gasteiger charge is 2.28. The van der Waals surface area contributed by atoms with Crippen molar-refractivity contribution in [3.8, 4) is 0 Å². The lowest BCUT2D eigenvalue weighted by molar-refractivity contribution is 0.170. The van der Waals surface area contributed by atoms with Crippen molar-refractivity contribution in [2.24, 2.45) is 0 Å². The first-order valence-electron chi connectivity index (χ1n) is 8.78. The summed E-state index contributed by atoms with van der Waals surface area (Å²) < 4.78 is 0. The molecule has 0 amide bonds. The number of rotatable bonds is 3. The molecule has 2 saturated heterocycles. The number of hydrogen-bond donors (Lipinski definition) is 2. The molecule has 2 aliphatic heterocycles. The van der Waals surface area contributed by atoms with E-state index in [9.17, 15) is 4.79 Å². The van der Waals surface area contributed by atoms with Gasteiger partial charge in [0.1, 0.15) is 10.7 Å². The number of thiophene rings is 1. The van der Waals surface area contributed by atoms with Gasteiger partial charge in [0.05, 0.1) is 11.9 Å². The number of aromatic nitrogens is 2. The van der Waals surface area contributed by atoms with Gasteiger partial charge in [0.15, 0.2) is 0 Å². The van der Waals surface area contributed by atoms with Crippen LogP contribution in [0.5, 0.6) is 0 Å². The van der Waals surface area contributed by atoms with Gasteiger partial charge in [-0.15, -0.1) is 11.3 Å². The van der Waals surface area contributed by atoms with Crippen LogP contribution < -0.4 is 10.9 Å². The molecule has 2 aromatic heterocycles. The van der Waals surface area contributed by atoms with Crippen LogP contribution in [0.2, 0.25) is 0 Å². The molecule has 2 N–H and O–H groups in total. The third kappa shape index (κ3) is 3.01. The average molecular weight is 347 g/mol. The fourth-order valence-corrected chi connectivity index (χ4v) is 4.94. The maximum atomic E-state index is 12.4. The molecule has 4 heterocycles. The van der Waals surface area contributed by atoms with Crippen molar-refractivity contribution >= 4 is 21.6 Å². The van der Waals surface area contributed by atoms with Crippen LogP contribution in [0.4, 0.5) is 0 Å². The molecule has 7 heteroatoms. The second-order valence-electron chi connectivity index (χ2n) is 6.94. The Balaban J connectivity index is 1.48. The number of H-pyrrole nitrogens is 1. The minimum absolute atomic E-state index is 0.00898. The van der Waals surface area contributed by atoms with E-state index in [0.717, 1.165) is 67.4 Å². The van der Waals surface area contributed by atoms with Crippen molar-refractivity contribution in [1.82, 2.24) is 25.1 Å². The molecule has 0 aromatic carbocycles. The highest BCUT2D eigenvalue weighted by atomic mass is 32.1. The predicted molar refractivity (Wildman–Crippen MR) is 97.8 cm³/mol. The van der Waals surface area contributed by atoms with Gasteiger partial charge in [0.2, 0.25) is 0 Å². The SMILES string of the molecule is Cc1sc2nc(CN3CCC(N4CCNCC4)C3)[nH]c(=O)c2c1C. The van der Waals surface area contributed by atoms with Crippen molar-refractivity contribution in [1.29, 1.82) is 0 Å². The molecule has 6 nitrogen and oxygen atoms in total. The lowest BCUT2D eigenvalue weighted by Gasteiger charge is -2.32. The van der Waals surface area contributed by atoms with E-state index < -0.39 is 0 Å². The van der Waals surface area contributed by atoms with Gasteiger partial charge in [-0.25, -0.2) is 4.98 Å². The summed E-state index contributed by atoms with van der Waals surface area (Å²) in [6.45, 7) is 11.4.